The molecule has 0 radical (unpaired) electrons. The zero-order chi connectivity index (χ0) is 25.5. The number of nitrogens with one attached hydrogen (secondary N) is 2. The molecule has 0 unspecified atom stereocenters. The minimum atomic E-state index is -1.19. The lowest BCUT2D eigenvalue weighted by Crippen LogP contribution is -2.42. The van der Waals surface area contributed by atoms with E-state index in [1.807, 2.05) is 48.5 Å². The monoisotopic (exact) mass is 484 g/mol. The molecule has 0 spiro atoms. The summed E-state index contributed by atoms with van der Waals surface area (Å²) in [6.07, 6.45) is 3.57. The van der Waals surface area contributed by atoms with Gasteiger partial charge in [-0.3, -0.25) is 5.32 Å². The van der Waals surface area contributed by atoms with Crippen LogP contribution in [0.4, 0.5) is 15.3 Å². The van der Waals surface area contributed by atoms with Gasteiger partial charge in [0.1, 0.15) is 12.6 Å². The number of carbonyl (C=O) groups is 3. The fourth-order valence-electron chi connectivity index (χ4n) is 4.20. The molecule has 8 heteroatoms. The maximum absolute atomic E-state index is 12.5. The van der Waals surface area contributed by atoms with Crippen molar-refractivity contribution in [2.24, 2.45) is 0 Å². The number of fused-ring (bicyclic) bond motifs is 3. The Hall–Kier alpha value is -4.77. The summed E-state index contributed by atoms with van der Waals surface area (Å²) in [4.78, 5) is 35.9. The third-order valence-corrected chi connectivity index (χ3v) is 5.86. The van der Waals surface area contributed by atoms with E-state index in [4.69, 9.17) is 15.9 Å². The van der Waals surface area contributed by atoms with Gasteiger partial charge in [0.2, 0.25) is 0 Å². The number of aliphatic carboxylic acids is 1. The Morgan fingerprint density at radius 3 is 2.08 bits per heavy atom. The molecule has 1 aliphatic rings. The van der Waals surface area contributed by atoms with Gasteiger partial charge >= 0.3 is 18.2 Å². The highest BCUT2D eigenvalue weighted by Gasteiger charge is 2.29. The van der Waals surface area contributed by atoms with Gasteiger partial charge < -0.3 is 19.9 Å². The Labute approximate surface area is 208 Å². The Balaban J connectivity index is 1.35. The molecule has 2 amide bonds. The maximum Gasteiger partial charge on any atom is 0.412 e. The molecule has 36 heavy (non-hydrogen) atoms. The number of benzene rings is 3. The van der Waals surface area contributed by atoms with Crippen LogP contribution < -0.4 is 10.6 Å². The van der Waals surface area contributed by atoms with Gasteiger partial charge in [-0.2, -0.15) is 0 Å². The van der Waals surface area contributed by atoms with Crippen molar-refractivity contribution in [3.05, 3.63) is 89.5 Å². The smallest absolute Gasteiger partial charge is 0.412 e. The van der Waals surface area contributed by atoms with Gasteiger partial charge in [0, 0.05) is 18.0 Å². The highest BCUT2D eigenvalue weighted by molar-refractivity contribution is 5.85. The standard InChI is InChI=1S/C28H24N2O6/c1-2-15-35-27(33)29-19-13-11-18(12-14-19)16-25(26(31)32)30-28(34)36-17-24-22-9-5-3-7-20(22)21-8-4-6-10-23(21)24/h1,3-14,24-25H,15-17H2,(H,29,33)(H,30,34)(H,31,32)/t25-/m0/s1. The highest BCUT2D eigenvalue weighted by Crippen LogP contribution is 2.44. The number of alkyl carbamates (subject to hydrolysis) is 1. The van der Waals surface area contributed by atoms with E-state index in [2.05, 4.69) is 16.6 Å². The fourth-order valence-corrected chi connectivity index (χ4v) is 4.20. The van der Waals surface area contributed by atoms with E-state index in [0.717, 1.165) is 22.3 Å². The minimum Gasteiger partial charge on any atom is -0.480 e. The molecule has 182 valence electrons. The predicted molar refractivity (Wildman–Crippen MR) is 134 cm³/mol. The first-order chi connectivity index (χ1) is 17.5. The number of rotatable bonds is 8. The van der Waals surface area contributed by atoms with Gasteiger partial charge in [0.05, 0.1) is 0 Å². The van der Waals surface area contributed by atoms with Gasteiger partial charge in [-0.15, -0.1) is 6.42 Å². The summed E-state index contributed by atoms with van der Waals surface area (Å²) in [7, 11) is 0. The lowest BCUT2D eigenvalue weighted by molar-refractivity contribution is -0.139. The van der Waals surface area contributed by atoms with E-state index in [1.165, 1.54) is 0 Å². The van der Waals surface area contributed by atoms with Crippen LogP contribution in [0.2, 0.25) is 0 Å². The highest BCUT2D eigenvalue weighted by atomic mass is 16.6. The van der Waals surface area contributed by atoms with E-state index in [1.54, 1.807) is 24.3 Å². The molecule has 3 aromatic carbocycles. The molecule has 0 aromatic heterocycles. The van der Waals surface area contributed by atoms with Crippen LogP contribution in [0.1, 0.15) is 22.6 Å². The van der Waals surface area contributed by atoms with Crippen LogP contribution in [0.5, 0.6) is 0 Å². The van der Waals surface area contributed by atoms with Crippen LogP contribution >= 0.6 is 0 Å². The Morgan fingerprint density at radius 1 is 0.889 bits per heavy atom. The first-order valence-corrected chi connectivity index (χ1v) is 11.3. The molecule has 0 aliphatic heterocycles. The lowest BCUT2D eigenvalue weighted by atomic mass is 9.98. The molecule has 0 saturated heterocycles. The average molecular weight is 485 g/mol. The van der Waals surface area contributed by atoms with E-state index in [9.17, 15) is 19.5 Å². The zero-order valence-corrected chi connectivity index (χ0v) is 19.3. The number of terminal acetylenes is 1. The third kappa shape index (κ3) is 5.65. The number of carboxylic acids is 1. The van der Waals surface area contributed by atoms with Crippen molar-refractivity contribution in [1.29, 1.82) is 0 Å². The molecule has 4 rings (SSSR count). The number of amides is 2. The van der Waals surface area contributed by atoms with Crippen LogP contribution in [-0.4, -0.2) is 42.5 Å². The Kier molecular flexibility index (Phi) is 7.51. The lowest BCUT2D eigenvalue weighted by Gasteiger charge is -2.17. The van der Waals surface area contributed by atoms with Gasteiger partial charge in [-0.1, -0.05) is 66.6 Å². The molecule has 1 aliphatic carbocycles. The van der Waals surface area contributed by atoms with E-state index in [-0.39, 0.29) is 25.6 Å². The zero-order valence-electron chi connectivity index (χ0n) is 19.3. The van der Waals surface area contributed by atoms with Crippen molar-refractivity contribution in [2.75, 3.05) is 18.5 Å². The molecule has 1 atom stereocenters. The van der Waals surface area contributed by atoms with Crippen LogP contribution in [0, 0.1) is 12.3 Å². The topological polar surface area (TPSA) is 114 Å². The van der Waals surface area contributed by atoms with Crippen LogP contribution in [0.15, 0.2) is 72.8 Å². The molecular weight excluding hydrogens is 460 g/mol. The third-order valence-electron chi connectivity index (χ3n) is 5.86. The normalized spacial score (nSPS) is 12.4. The van der Waals surface area contributed by atoms with Crippen LogP contribution in [-0.2, 0) is 20.7 Å². The SMILES string of the molecule is C#CCOC(=O)Nc1ccc(C[C@H](NC(=O)OCC2c3ccccc3-c3ccccc32)C(=O)O)cc1. The average Bonchev–Trinajstić information content (AvgIpc) is 3.20. The minimum absolute atomic E-state index is 0.0291. The molecule has 0 bridgehead atoms. The van der Waals surface area contributed by atoms with Crippen LogP contribution in [0.3, 0.4) is 0 Å². The molecule has 3 aromatic rings. The van der Waals surface area contributed by atoms with Crippen molar-refractivity contribution in [2.45, 2.75) is 18.4 Å². The van der Waals surface area contributed by atoms with E-state index < -0.39 is 24.2 Å². The van der Waals surface area contributed by atoms with Crippen LogP contribution in [0.25, 0.3) is 11.1 Å². The predicted octanol–water partition coefficient (Wildman–Crippen LogP) is 4.40. The second-order valence-electron chi connectivity index (χ2n) is 8.17. The summed E-state index contributed by atoms with van der Waals surface area (Å²) in [6, 6.07) is 21.2. The first-order valence-electron chi connectivity index (χ1n) is 11.3. The van der Waals surface area contributed by atoms with Gasteiger partial charge in [-0.05, 0) is 39.9 Å². The molecule has 0 saturated carbocycles. The summed E-state index contributed by atoms with van der Waals surface area (Å²) in [5.74, 6) is 0.874. The largest absolute Gasteiger partial charge is 0.480 e. The fraction of sp³-hybridized carbons (Fsp3) is 0.179. The maximum atomic E-state index is 12.5. The van der Waals surface area contributed by atoms with Crippen molar-refractivity contribution in [3.63, 3.8) is 0 Å². The molecule has 8 nitrogen and oxygen atoms in total. The summed E-state index contributed by atoms with van der Waals surface area (Å²) in [5.41, 5.74) is 5.44. The number of anilines is 1. The number of hydrogen-bond acceptors (Lipinski definition) is 5. The second kappa shape index (κ2) is 11.1. The Bertz CT molecular complexity index is 1270. The quantitative estimate of drug-likeness (QED) is 0.409. The summed E-state index contributed by atoms with van der Waals surface area (Å²) in [5, 5.41) is 14.6. The van der Waals surface area contributed by atoms with Gasteiger partial charge in [0.15, 0.2) is 6.61 Å². The van der Waals surface area contributed by atoms with Crippen molar-refractivity contribution >= 4 is 23.8 Å². The van der Waals surface area contributed by atoms with E-state index in [0.29, 0.717) is 11.3 Å². The Morgan fingerprint density at radius 2 is 1.50 bits per heavy atom. The van der Waals surface area contributed by atoms with E-state index >= 15 is 0 Å². The molecule has 0 heterocycles. The number of hydrogen-bond donors (Lipinski definition) is 3. The van der Waals surface area contributed by atoms with Crippen molar-refractivity contribution in [1.82, 2.24) is 5.32 Å². The summed E-state index contributed by atoms with van der Waals surface area (Å²) < 4.78 is 10.2. The summed E-state index contributed by atoms with van der Waals surface area (Å²) in [6.45, 7) is -0.0614. The second-order valence-corrected chi connectivity index (χ2v) is 8.17. The summed E-state index contributed by atoms with van der Waals surface area (Å²) >= 11 is 0. The van der Waals surface area contributed by atoms with Crippen molar-refractivity contribution in [3.8, 4) is 23.5 Å². The number of ether oxygens (including phenoxy) is 2. The van der Waals surface area contributed by atoms with Crippen molar-refractivity contribution < 1.29 is 29.0 Å². The number of carboxylic acid groups (broad SMARTS) is 1. The molecule has 0 fully saturated rings. The molecular formula is C28H24N2O6. The molecule has 3 N–H and O–H groups in total. The number of carbonyl (C=O) groups excluding carboxylic acids is 2. The van der Waals surface area contributed by atoms with Gasteiger partial charge in [-0.25, -0.2) is 14.4 Å². The van der Waals surface area contributed by atoms with Gasteiger partial charge in [0.25, 0.3) is 0 Å². The first kappa shape index (κ1) is 24.4.